The second-order valence-electron chi connectivity index (χ2n) is 4.01. The zero-order chi connectivity index (χ0) is 12.8. The van der Waals surface area contributed by atoms with Crippen LogP contribution in [0, 0.1) is 11.3 Å². The summed E-state index contributed by atoms with van der Waals surface area (Å²) in [5.41, 5.74) is 1.02. The predicted octanol–water partition coefficient (Wildman–Crippen LogP) is 4.26. The molecule has 2 rings (SSSR count). The van der Waals surface area contributed by atoms with Crippen LogP contribution in [0.2, 0.25) is 0 Å². The first-order valence-corrected chi connectivity index (χ1v) is 6.46. The van der Waals surface area contributed by atoms with Crippen LogP contribution in [-0.2, 0) is 5.88 Å². The third-order valence-electron chi connectivity index (χ3n) is 2.82. The van der Waals surface area contributed by atoms with Crippen molar-refractivity contribution in [3.8, 4) is 11.8 Å². The highest BCUT2D eigenvalue weighted by molar-refractivity contribution is 6.18. The number of benzene rings is 2. The molecule has 0 N–H and O–H groups in total. The van der Waals surface area contributed by atoms with Crippen LogP contribution in [0.15, 0.2) is 36.4 Å². The van der Waals surface area contributed by atoms with Gasteiger partial charge in [0.15, 0.2) is 0 Å². The number of ether oxygens (including phenoxy) is 1. The van der Waals surface area contributed by atoms with Crippen LogP contribution in [0.25, 0.3) is 10.8 Å². The summed E-state index contributed by atoms with van der Waals surface area (Å²) in [7, 11) is 0. The van der Waals surface area contributed by atoms with E-state index in [1.54, 1.807) is 0 Å². The fourth-order valence-electron chi connectivity index (χ4n) is 1.92. The lowest BCUT2D eigenvalue weighted by Gasteiger charge is -2.12. The van der Waals surface area contributed by atoms with Gasteiger partial charge in [0, 0.05) is 12.0 Å². The maximum atomic E-state index is 8.48. The minimum absolute atomic E-state index is 0.426. The molecular weight excluding hydrogens is 246 g/mol. The number of halogens is 1. The van der Waals surface area contributed by atoms with E-state index in [9.17, 15) is 0 Å². The van der Waals surface area contributed by atoms with Gasteiger partial charge in [-0.05, 0) is 23.3 Å². The van der Waals surface area contributed by atoms with Gasteiger partial charge in [-0.15, -0.1) is 11.6 Å². The fraction of sp³-hybridized carbons (Fsp3) is 0.267. The Kier molecular flexibility index (Phi) is 4.44. The fourth-order valence-corrected chi connectivity index (χ4v) is 2.20. The monoisotopic (exact) mass is 259 g/mol. The van der Waals surface area contributed by atoms with Crippen LogP contribution in [0.1, 0.15) is 18.4 Å². The summed E-state index contributed by atoms with van der Waals surface area (Å²) in [6, 6.07) is 14.2. The number of nitrogens with zero attached hydrogens (tertiary/aromatic N) is 1. The van der Waals surface area contributed by atoms with Crippen molar-refractivity contribution in [3.05, 3.63) is 42.0 Å². The maximum absolute atomic E-state index is 8.48. The molecule has 0 amide bonds. The van der Waals surface area contributed by atoms with Gasteiger partial charge in [0.25, 0.3) is 0 Å². The Balaban J connectivity index is 2.25. The predicted molar refractivity (Wildman–Crippen MR) is 73.8 cm³/mol. The molecule has 0 atom stereocenters. The van der Waals surface area contributed by atoms with Crippen molar-refractivity contribution in [3.63, 3.8) is 0 Å². The van der Waals surface area contributed by atoms with Gasteiger partial charge in [0.2, 0.25) is 0 Å². The number of nitriles is 1. The Morgan fingerprint density at radius 3 is 2.78 bits per heavy atom. The van der Waals surface area contributed by atoms with E-state index in [-0.39, 0.29) is 0 Å². The number of alkyl halides is 1. The molecule has 3 heteroatoms. The molecule has 0 fully saturated rings. The molecule has 0 aliphatic carbocycles. The minimum Gasteiger partial charge on any atom is -0.493 e. The molecular formula is C15H14ClNO. The third kappa shape index (κ3) is 2.75. The normalized spacial score (nSPS) is 10.2. The highest BCUT2D eigenvalue weighted by Crippen LogP contribution is 2.29. The Labute approximate surface area is 112 Å². The van der Waals surface area contributed by atoms with Crippen LogP contribution < -0.4 is 4.74 Å². The highest BCUT2D eigenvalue weighted by Gasteiger charge is 2.07. The quantitative estimate of drug-likeness (QED) is 0.594. The lowest BCUT2D eigenvalue weighted by Crippen LogP contribution is -1.99. The van der Waals surface area contributed by atoms with Crippen LogP contribution in [0.3, 0.4) is 0 Å². The summed E-state index contributed by atoms with van der Waals surface area (Å²) < 4.78 is 5.70. The molecule has 2 aromatic carbocycles. The van der Waals surface area contributed by atoms with Crippen LogP contribution in [-0.4, -0.2) is 6.61 Å². The van der Waals surface area contributed by atoms with Crippen molar-refractivity contribution in [1.29, 1.82) is 5.26 Å². The molecule has 18 heavy (non-hydrogen) atoms. The SMILES string of the molecule is N#CCCCOc1ccc2ccccc2c1CCl. The Morgan fingerprint density at radius 1 is 1.17 bits per heavy atom. The highest BCUT2D eigenvalue weighted by atomic mass is 35.5. The van der Waals surface area contributed by atoms with Crippen molar-refractivity contribution >= 4 is 22.4 Å². The number of hydrogen-bond donors (Lipinski definition) is 0. The standard InChI is InChI=1S/C15H14ClNO/c16-11-14-13-6-2-1-5-12(13)7-8-15(14)18-10-4-3-9-17/h1-2,5-8H,3-4,10-11H2. The topological polar surface area (TPSA) is 33.0 Å². The van der Waals surface area contributed by atoms with Crippen LogP contribution in [0.5, 0.6) is 5.75 Å². The maximum Gasteiger partial charge on any atom is 0.124 e. The van der Waals surface area contributed by atoms with Crippen molar-refractivity contribution in [2.45, 2.75) is 18.7 Å². The van der Waals surface area contributed by atoms with Crippen molar-refractivity contribution in [2.24, 2.45) is 0 Å². The summed E-state index contributed by atoms with van der Waals surface area (Å²) in [4.78, 5) is 0. The molecule has 0 unspecified atom stereocenters. The Bertz CT molecular complexity index is 574. The molecule has 0 radical (unpaired) electrons. The van der Waals surface area contributed by atoms with E-state index in [0.717, 1.165) is 28.5 Å². The molecule has 0 saturated carbocycles. The van der Waals surface area contributed by atoms with Crippen molar-refractivity contribution < 1.29 is 4.74 Å². The smallest absolute Gasteiger partial charge is 0.124 e. The first-order chi connectivity index (χ1) is 8.86. The van der Waals surface area contributed by atoms with E-state index < -0.39 is 0 Å². The summed E-state index contributed by atoms with van der Waals surface area (Å²) >= 11 is 6.02. The van der Waals surface area contributed by atoms with E-state index in [1.807, 2.05) is 24.3 Å². The molecule has 2 aromatic rings. The average molecular weight is 260 g/mol. The molecule has 0 saturated heterocycles. The second-order valence-corrected chi connectivity index (χ2v) is 4.27. The summed E-state index contributed by atoms with van der Waals surface area (Å²) in [5.74, 6) is 1.25. The molecule has 0 heterocycles. The number of hydrogen-bond acceptors (Lipinski definition) is 2. The number of unbranched alkanes of at least 4 members (excludes halogenated alkanes) is 1. The van der Waals surface area contributed by atoms with E-state index >= 15 is 0 Å². The summed E-state index contributed by atoms with van der Waals surface area (Å²) in [6.07, 6.45) is 1.26. The second kappa shape index (κ2) is 6.28. The van der Waals surface area contributed by atoms with Gasteiger partial charge >= 0.3 is 0 Å². The first kappa shape index (κ1) is 12.7. The zero-order valence-corrected chi connectivity index (χ0v) is 10.8. The molecule has 0 spiro atoms. The summed E-state index contributed by atoms with van der Waals surface area (Å²) in [6.45, 7) is 0.551. The molecule has 0 aliphatic heterocycles. The van der Waals surface area contributed by atoms with E-state index in [0.29, 0.717) is 18.9 Å². The summed E-state index contributed by atoms with van der Waals surface area (Å²) in [5, 5.41) is 10.8. The molecule has 92 valence electrons. The number of rotatable bonds is 5. The minimum atomic E-state index is 0.426. The largest absolute Gasteiger partial charge is 0.493 e. The van der Waals surface area contributed by atoms with Gasteiger partial charge in [0.05, 0.1) is 18.6 Å². The van der Waals surface area contributed by atoms with Crippen molar-refractivity contribution in [1.82, 2.24) is 0 Å². The van der Waals surface area contributed by atoms with Crippen LogP contribution >= 0.6 is 11.6 Å². The van der Waals surface area contributed by atoms with Gasteiger partial charge in [-0.2, -0.15) is 5.26 Å². The van der Waals surface area contributed by atoms with E-state index in [1.165, 1.54) is 0 Å². The van der Waals surface area contributed by atoms with Crippen LogP contribution in [0.4, 0.5) is 0 Å². The third-order valence-corrected chi connectivity index (χ3v) is 3.09. The Hall–Kier alpha value is -1.72. The Morgan fingerprint density at radius 2 is 2.00 bits per heavy atom. The van der Waals surface area contributed by atoms with E-state index in [2.05, 4.69) is 18.2 Å². The zero-order valence-electron chi connectivity index (χ0n) is 10.0. The van der Waals surface area contributed by atoms with Gasteiger partial charge in [-0.1, -0.05) is 30.3 Å². The van der Waals surface area contributed by atoms with Gasteiger partial charge in [-0.25, -0.2) is 0 Å². The van der Waals surface area contributed by atoms with Gasteiger partial charge < -0.3 is 4.74 Å². The molecule has 0 aliphatic rings. The molecule has 0 aromatic heterocycles. The number of fused-ring (bicyclic) bond motifs is 1. The molecule has 0 bridgehead atoms. The van der Waals surface area contributed by atoms with Gasteiger partial charge in [-0.3, -0.25) is 0 Å². The van der Waals surface area contributed by atoms with E-state index in [4.69, 9.17) is 21.6 Å². The van der Waals surface area contributed by atoms with Gasteiger partial charge in [0.1, 0.15) is 5.75 Å². The van der Waals surface area contributed by atoms with Crippen molar-refractivity contribution in [2.75, 3.05) is 6.61 Å². The lowest BCUT2D eigenvalue weighted by atomic mass is 10.0. The first-order valence-electron chi connectivity index (χ1n) is 5.93. The molecule has 2 nitrogen and oxygen atoms in total. The average Bonchev–Trinajstić information content (AvgIpc) is 2.43. The lowest BCUT2D eigenvalue weighted by molar-refractivity contribution is 0.311.